The molecule has 0 aliphatic heterocycles. The van der Waals surface area contributed by atoms with Gasteiger partial charge in [-0.3, -0.25) is 9.67 Å². The van der Waals surface area contributed by atoms with Gasteiger partial charge in [-0.05, 0) is 49.7 Å². The highest BCUT2D eigenvalue weighted by molar-refractivity contribution is 7.99. The van der Waals surface area contributed by atoms with Gasteiger partial charge in [0.2, 0.25) is 0 Å². The van der Waals surface area contributed by atoms with Crippen LogP contribution in [0, 0.1) is 0 Å². The third kappa shape index (κ3) is 4.24. The van der Waals surface area contributed by atoms with Crippen molar-refractivity contribution in [3.63, 3.8) is 0 Å². The summed E-state index contributed by atoms with van der Waals surface area (Å²) in [6.45, 7) is 4.10. The molecule has 25 heavy (non-hydrogen) atoms. The van der Waals surface area contributed by atoms with Crippen molar-refractivity contribution < 1.29 is 5.11 Å². The predicted octanol–water partition coefficient (Wildman–Crippen LogP) is 4.75. The summed E-state index contributed by atoms with van der Waals surface area (Å²) in [5.74, 6) is 0. The molecule has 0 radical (unpaired) electrons. The first-order valence-electron chi connectivity index (χ1n) is 8.12. The molecule has 0 saturated carbocycles. The maximum absolute atomic E-state index is 9.81. The van der Waals surface area contributed by atoms with Crippen LogP contribution in [0.3, 0.4) is 0 Å². The Kier molecular flexibility index (Phi) is 5.78. The number of aliphatic hydroxyl groups excluding tert-OH is 1. The fourth-order valence-corrected chi connectivity index (χ4v) is 4.08. The standard InChI is InChI=1S/C19H20ClN3OS/c1-13(2)23-19(25-16-5-3-4-15(20)11-16)17(18(12-24)22-23)10-14-6-8-21-9-7-14/h3-9,11,13,24H,10,12H2,1-2H3. The zero-order valence-corrected chi connectivity index (χ0v) is 15.8. The average Bonchev–Trinajstić information content (AvgIpc) is 2.94. The van der Waals surface area contributed by atoms with Crippen molar-refractivity contribution in [2.45, 2.75) is 42.8 Å². The van der Waals surface area contributed by atoms with E-state index in [-0.39, 0.29) is 12.6 Å². The second kappa shape index (κ2) is 8.04. The zero-order chi connectivity index (χ0) is 17.8. The van der Waals surface area contributed by atoms with Crippen LogP contribution >= 0.6 is 23.4 Å². The van der Waals surface area contributed by atoms with E-state index < -0.39 is 0 Å². The molecule has 0 aliphatic carbocycles. The van der Waals surface area contributed by atoms with Crippen LogP contribution < -0.4 is 0 Å². The maximum atomic E-state index is 9.81. The number of nitrogens with zero attached hydrogens (tertiary/aromatic N) is 3. The quantitative estimate of drug-likeness (QED) is 0.677. The van der Waals surface area contributed by atoms with Gasteiger partial charge in [0.25, 0.3) is 0 Å². The van der Waals surface area contributed by atoms with Crippen molar-refractivity contribution in [1.82, 2.24) is 14.8 Å². The maximum Gasteiger partial charge on any atom is 0.103 e. The number of pyridine rings is 1. The largest absolute Gasteiger partial charge is 0.390 e. The van der Waals surface area contributed by atoms with Crippen molar-refractivity contribution in [3.8, 4) is 0 Å². The Morgan fingerprint density at radius 2 is 1.96 bits per heavy atom. The molecule has 3 rings (SSSR count). The molecule has 130 valence electrons. The van der Waals surface area contributed by atoms with E-state index in [0.717, 1.165) is 26.7 Å². The zero-order valence-electron chi connectivity index (χ0n) is 14.2. The molecule has 2 aromatic heterocycles. The number of benzene rings is 1. The second-order valence-corrected chi connectivity index (χ2v) is 7.52. The molecule has 1 aromatic carbocycles. The highest BCUT2D eigenvalue weighted by Gasteiger charge is 2.20. The van der Waals surface area contributed by atoms with Gasteiger partial charge in [-0.15, -0.1) is 0 Å². The van der Waals surface area contributed by atoms with Crippen LogP contribution in [-0.4, -0.2) is 19.9 Å². The van der Waals surface area contributed by atoms with Gasteiger partial charge in [-0.2, -0.15) is 5.10 Å². The summed E-state index contributed by atoms with van der Waals surface area (Å²) in [5, 5.41) is 16.2. The smallest absolute Gasteiger partial charge is 0.103 e. The van der Waals surface area contributed by atoms with Crippen LogP contribution in [0.2, 0.25) is 5.02 Å². The molecule has 2 heterocycles. The molecule has 0 amide bonds. The number of aliphatic hydroxyl groups is 1. The van der Waals surface area contributed by atoms with Gasteiger partial charge in [0.05, 0.1) is 12.3 Å². The van der Waals surface area contributed by atoms with Gasteiger partial charge in [0.15, 0.2) is 0 Å². The Hall–Kier alpha value is -1.82. The van der Waals surface area contributed by atoms with Crippen LogP contribution in [0.15, 0.2) is 58.7 Å². The first-order valence-corrected chi connectivity index (χ1v) is 9.31. The minimum atomic E-state index is -0.0801. The Labute approximate surface area is 156 Å². The minimum absolute atomic E-state index is 0.0801. The van der Waals surface area contributed by atoms with E-state index in [9.17, 15) is 5.11 Å². The Morgan fingerprint density at radius 1 is 1.20 bits per heavy atom. The van der Waals surface area contributed by atoms with Crippen LogP contribution in [0.1, 0.15) is 36.7 Å². The van der Waals surface area contributed by atoms with Crippen LogP contribution in [-0.2, 0) is 13.0 Å². The fraction of sp³-hybridized carbons (Fsp3) is 0.263. The highest BCUT2D eigenvalue weighted by Crippen LogP contribution is 2.36. The first-order chi connectivity index (χ1) is 12.1. The molecule has 6 heteroatoms. The normalized spacial score (nSPS) is 11.2. The molecule has 0 aliphatic rings. The van der Waals surface area contributed by atoms with Crippen molar-refractivity contribution in [1.29, 1.82) is 0 Å². The third-order valence-electron chi connectivity index (χ3n) is 3.82. The molecular weight excluding hydrogens is 354 g/mol. The molecule has 0 spiro atoms. The summed E-state index contributed by atoms with van der Waals surface area (Å²) >= 11 is 7.76. The SMILES string of the molecule is CC(C)n1nc(CO)c(Cc2ccncc2)c1Sc1cccc(Cl)c1. The summed E-state index contributed by atoms with van der Waals surface area (Å²) in [4.78, 5) is 5.12. The summed E-state index contributed by atoms with van der Waals surface area (Å²) in [7, 11) is 0. The molecular formula is C19H20ClN3OS. The molecule has 0 fully saturated rings. The molecule has 0 bridgehead atoms. The van der Waals surface area contributed by atoms with Crippen LogP contribution in [0.4, 0.5) is 0 Å². The Balaban J connectivity index is 2.05. The Morgan fingerprint density at radius 3 is 2.60 bits per heavy atom. The number of hydrogen-bond donors (Lipinski definition) is 1. The predicted molar refractivity (Wildman–Crippen MR) is 101 cm³/mol. The van der Waals surface area contributed by atoms with Crippen molar-refractivity contribution >= 4 is 23.4 Å². The topological polar surface area (TPSA) is 50.9 Å². The summed E-state index contributed by atoms with van der Waals surface area (Å²) in [6, 6.07) is 11.9. The van der Waals surface area contributed by atoms with E-state index in [1.807, 2.05) is 41.1 Å². The van der Waals surface area contributed by atoms with E-state index in [4.69, 9.17) is 11.6 Å². The van der Waals surface area contributed by atoms with Gasteiger partial charge in [-0.1, -0.05) is 29.4 Å². The van der Waals surface area contributed by atoms with Crippen molar-refractivity contribution in [2.75, 3.05) is 0 Å². The van der Waals surface area contributed by atoms with Gasteiger partial charge in [0.1, 0.15) is 5.03 Å². The van der Waals surface area contributed by atoms with Gasteiger partial charge in [0, 0.05) is 40.3 Å². The van der Waals surface area contributed by atoms with E-state index in [0.29, 0.717) is 11.4 Å². The average molecular weight is 374 g/mol. The molecule has 0 unspecified atom stereocenters. The minimum Gasteiger partial charge on any atom is -0.390 e. The van der Waals surface area contributed by atoms with Crippen LogP contribution in [0.25, 0.3) is 0 Å². The number of halogens is 1. The summed E-state index contributed by atoms with van der Waals surface area (Å²) < 4.78 is 1.98. The fourth-order valence-electron chi connectivity index (χ4n) is 2.61. The molecule has 0 saturated heterocycles. The van der Waals surface area contributed by atoms with Gasteiger partial charge < -0.3 is 5.11 Å². The van der Waals surface area contributed by atoms with E-state index in [2.05, 4.69) is 23.9 Å². The first kappa shape index (κ1) is 18.0. The van der Waals surface area contributed by atoms with Crippen molar-refractivity contribution in [3.05, 3.63) is 70.6 Å². The molecule has 3 aromatic rings. The molecule has 4 nitrogen and oxygen atoms in total. The number of hydrogen-bond acceptors (Lipinski definition) is 4. The van der Waals surface area contributed by atoms with Crippen molar-refractivity contribution in [2.24, 2.45) is 0 Å². The Bertz CT molecular complexity index is 849. The number of aromatic nitrogens is 3. The van der Waals surface area contributed by atoms with E-state index in [1.165, 1.54) is 0 Å². The molecule has 0 atom stereocenters. The lowest BCUT2D eigenvalue weighted by molar-refractivity contribution is 0.273. The third-order valence-corrected chi connectivity index (χ3v) is 5.17. The summed E-state index contributed by atoms with van der Waals surface area (Å²) in [5.41, 5.74) is 2.91. The number of rotatable bonds is 6. The van der Waals surface area contributed by atoms with Crippen LogP contribution in [0.5, 0.6) is 0 Å². The summed E-state index contributed by atoms with van der Waals surface area (Å²) in [6.07, 6.45) is 4.27. The monoisotopic (exact) mass is 373 g/mol. The second-order valence-electron chi connectivity index (χ2n) is 6.02. The van der Waals surface area contributed by atoms with Gasteiger partial charge >= 0.3 is 0 Å². The lowest BCUT2D eigenvalue weighted by Gasteiger charge is -2.12. The van der Waals surface area contributed by atoms with Gasteiger partial charge in [-0.25, -0.2) is 0 Å². The highest BCUT2D eigenvalue weighted by atomic mass is 35.5. The molecule has 1 N–H and O–H groups in total. The lowest BCUT2D eigenvalue weighted by atomic mass is 10.1. The lowest BCUT2D eigenvalue weighted by Crippen LogP contribution is -2.05. The van der Waals surface area contributed by atoms with E-state index in [1.54, 1.807) is 24.2 Å². The van der Waals surface area contributed by atoms with E-state index >= 15 is 0 Å².